The lowest BCUT2D eigenvalue weighted by atomic mass is 9.87. The van der Waals surface area contributed by atoms with Crippen LogP contribution in [0.15, 0.2) is 42.5 Å². The summed E-state index contributed by atoms with van der Waals surface area (Å²) in [5, 5.41) is 9.24. The molecule has 0 aliphatic heterocycles. The van der Waals surface area contributed by atoms with E-state index in [2.05, 4.69) is 20.8 Å². The van der Waals surface area contributed by atoms with Gasteiger partial charge in [-0.15, -0.1) is 0 Å². The molecule has 0 amide bonds. The molecule has 0 atom stereocenters. The molecule has 1 N–H and O–H groups in total. The van der Waals surface area contributed by atoms with Gasteiger partial charge in [-0.25, -0.2) is 4.79 Å². The molecule has 0 aliphatic carbocycles. The molecule has 110 valence electrons. The van der Waals surface area contributed by atoms with E-state index in [1.165, 1.54) is 0 Å². The molecule has 0 saturated carbocycles. The van der Waals surface area contributed by atoms with Crippen LogP contribution in [0.1, 0.15) is 42.3 Å². The van der Waals surface area contributed by atoms with Gasteiger partial charge in [0.25, 0.3) is 0 Å². The number of benzene rings is 2. The maximum absolute atomic E-state index is 11.3. The minimum Gasteiger partial charge on any atom is -0.478 e. The third kappa shape index (κ3) is 3.63. The molecule has 0 unspecified atom stereocenters. The summed E-state index contributed by atoms with van der Waals surface area (Å²) < 4.78 is 5.81. The standard InChI is InChI=1S/C18H20O3/c1-12-8-9-15(17(19)20)16(10-12)21-14-7-5-6-13(11-14)18(2,3)4/h5-11H,1-4H3,(H,19,20). The summed E-state index contributed by atoms with van der Waals surface area (Å²) in [4.78, 5) is 11.3. The van der Waals surface area contributed by atoms with Crippen LogP contribution in [-0.4, -0.2) is 11.1 Å². The number of ether oxygens (including phenoxy) is 1. The van der Waals surface area contributed by atoms with E-state index in [0.717, 1.165) is 11.1 Å². The quantitative estimate of drug-likeness (QED) is 0.882. The van der Waals surface area contributed by atoms with E-state index >= 15 is 0 Å². The Labute approximate surface area is 125 Å². The smallest absolute Gasteiger partial charge is 0.339 e. The summed E-state index contributed by atoms with van der Waals surface area (Å²) in [7, 11) is 0. The number of aryl methyl sites for hydroxylation is 1. The minimum absolute atomic E-state index is 0.0155. The van der Waals surface area contributed by atoms with Gasteiger partial charge in [0.05, 0.1) is 0 Å². The zero-order valence-electron chi connectivity index (χ0n) is 12.8. The van der Waals surface area contributed by atoms with Crippen LogP contribution in [0.2, 0.25) is 0 Å². The zero-order chi connectivity index (χ0) is 15.6. The highest BCUT2D eigenvalue weighted by Crippen LogP contribution is 2.30. The molecule has 3 nitrogen and oxygen atoms in total. The zero-order valence-corrected chi connectivity index (χ0v) is 12.8. The molecular weight excluding hydrogens is 264 g/mol. The van der Waals surface area contributed by atoms with Crippen molar-refractivity contribution < 1.29 is 14.6 Å². The van der Waals surface area contributed by atoms with E-state index < -0.39 is 5.97 Å². The molecule has 2 rings (SSSR count). The molecule has 0 saturated heterocycles. The normalized spacial score (nSPS) is 11.2. The Balaban J connectivity index is 2.39. The number of aromatic carboxylic acids is 1. The van der Waals surface area contributed by atoms with Crippen molar-refractivity contribution >= 4 is 5.97 Å². The van der Waals surface area contributed by atoms with Crippen molar-refractivity contribution in [1.29, 1.82) is 0 Å². The molecule has 0 spiro atoms. The minimum atomic E-state index is -0.989. The number of hydrogen-bond acceptors (Lipinski definition) is 2. The van der Waals surface area contributed by atoms with Gasteiger partial charge in [-0.1, -0.05) is 39.0 Å². The highest BCUT2D eigenvalue weighted by atomic mass is 16.5. The van der Waals surface area contributed by atoms with Gasteiger partial charge in [0.15, 0.2) is 0 Å². The topological polar surface area (TPSA) is 46.5 Å². The Morgan fingerprint density at radius 3 is 2.43 bits per heavy atom. The molecule has 2 aromatic rings. The molecule has 0 radical (unpaired) electrons. The first-order valence-electron chi connectivity index (χ1n) is 6.90. The van der Waals surface area contributed by atoms with E-state index in [9.17, 15) is 9.90 Å². The lowest BCUT2D eigenvalue weighted by Crippen LogP contribution is -2.10. The third-order valence-corrected chi connectivity index (χ3v) is 3.30. The van der Waals surface area contributed by atoms with Crippen LogP contribution in [-0.2, 0) is 5.41 Å². The van der Waals surface area contributed by atoms with Gasteiger partial charge in [-0.05, 0) is 47.7 Å². The maximum Gasteiger partial charge on any atom is 0.339 e. The van der Waals surface area contributed by atoms with Crippen LogP contribution in [0.4, 0.5) is 0 Å². The Morgan fingerprint density at radius 2 is 1.81 bits per heavy atom. The Hall–Kier alpha value is -2.29. The predicted octanol–water partition coefficient (Wildman–Crippen LogP) is 4.78. The second-order valence-electron chi connectivity index (χ2n) is 6.18. The van der Waals surface area contributed by atoms with Crippen LogP contribution in [0.3, 0.4) is 0 Å². The SMILES string of the molecule is Cc1ccc(C(=O)O)c(Oc2cccc(C(C)(C)C)c2)c1. The van der Waals surface area contributed by atoms with Crippen LogP contribution in [0, 0.1) is 6.92 Å². The van der Waals surface area contributed by atoms with Crippen molar-refractivity contribution in [2.24, 2.45) is 0 Å². The van der Waals surface area contributed by atoms with E-state index in [0.29, 0.717) is 11.5 Å². The maximum atomic E-state index is 11.3. The largest absolute Gasteiger partial charge is 0.478 e. The molecular formula is C18H20O3. The Bertz CT molecular complexity index is 666. The van der Waals surface area contributed by atoms with Crippen LogP contribution in [0.5, 0.6) is 11.5 Å². The predicted molar refractivity (Wildman–Crippen MR) is 83.4 cm³/mol. The molecule has 3 heteroatoms. The molecule has 21 heavy (non-hydrogen) atoms. The van der Waals surface area contributed by atoms with Crippen molar-refractivity contribution in [2.75, 3.05) is 0 Å². The van der Waals surface area contributed by atoms with Crippen molar-refractivity contribution in [3.05, 3.63) is 59.2 Å². The van der Waals surface area contributed by atoms with Crippen LogP contribution in [0.25, 0.3) is 0 Å². The summed E-state index contributed by atoms with van der Waals surface area (Å²) in [6.07, 6.45) is 0. The Kier molecular flexibility index (Phi) is 4.03. The first-order valence-corrected chi connectivity index (χ1v) is 6.90. The third-order valence-electron chi connectivity index (χ3n) is 3.30. The van der Waals surface area contributed by atoms with E-state index in [-0.39, 0.29) is 11.0 Å². The first-order chi connectivity index (χ1) is 9.77. The number of hydrogen-bond donors (Lipinski definition) is 1. The molecule has 0 aromatic heterocycles. The molecule has 0 aliphatic rings. The lowest BCUT2D eigenvalue weighted by molar-refractivity contribution is 0.0694. The second kappa shape index (κ2) is 5.60. The van der Waals surface area contributed by atoms with Gasteiger partial charge in [0.2, 0.25) is 0 Å². The average Bonchev–Trinajstić information content (AvgIpc) is 2.37. The Morgan fingerprint density at radius 1 is 1.10 bits per heavy atom. The fraction of sp³-hybridized carbons (Fsp3) is 0.278. The van der Waals surface area contributed by atoms with E-state index in [1.807, 2.05) is 31.2 Å². The number of carbonyl (C=O) groups is 1. The lowest BCUT2D eigenvalue weighted by Gasteiger charge is -2.20. The molecule has 0 fully saturated rings. The van der Waals surface area contributed by atoms with Gasteiger partial charge >= 0.3 is 5.97 Å². The summed E-state index contributed by atoms with van der Waals surface area (Å²) in [6, 6.07) is 12.8. The fourth-order valence-corrected chi connectivity index (χ4v) is 2.04. The van der Waals surface area contributed by atoms with Gasteiger partial charge in [0, 0.05) is 0 Å². The number of carboxylic acid groups (broad SMARTS) is 1. The van der Waals surface area contributed by atoms with Crippen LogP contribution < -0.4 is 4.74 Å². The van der Waals surface area contributed by atoms with E-state index in [1.54, 1.807) is 18.2 Å². The summed E-state index contributed by atoms with van der Waals surface area (Å²) in [5.74, 6) is 0.0288. The van der Waals surface area contributed by atoms with Crippen molar-refractivity contribution in [2.45, 2.75) is 33.1 Å². The first kappa shape index (κ1) is 15.1. The van der Waals surface area contributed by atoms with Crippen molar-refractivity contribution in [3.8, 4) is 11.5 Å². The molecule has 0 heterocycles. The average molecular weight is 284 g/mol. The second-order valence-corrected chi connectivity index (χ2v) is 6.18. The van der Waals surface area contributed by atoms with Gasteiger partial charge in [-0.3, -0.25) is 0 Å². The van der Waals surface area contributed by atoms with E-state index in [4.69, 9.17) is 4.74 Å². The number of carboxylic acids is 1. The number of rotatable bonds is 3. The van der Waals surface area contributed by atoms with Crippen LogP contribution >= 0.6 is 0 Å². The molecule has 2 aromatic carbocycles. The van der Waals surface area contributed by atoms with Crippen molar-refractivity contribution in [1.82, 2.24) is 0 Å². The summed E-state index contributed by atoms with van der Waals surface area (Å²) in [5.41, 5.74) is 2.29. The molecule has 0 bridgehead atoms. The monoisotopic (exact) mass is 284 g/mol. The van der Waals surface area contributed by atoms with Gasteiger partial charge < -0.3 is 9.84 Å². The summed E-state index contributed by atoms with van der Waals surface area (Å²) >= 11 is 0. The van der Waals surface area contributed by atoms with Gasteiger partial charge in [-0.2, -0.15) is 0 Å². The van der Waals surface area contributed by atoms with Gasteiger partial charge in [0.1, 0.15) is 17.1 Å². The summed E-state index contributed by atoms with van der Waals surface area (Å²) in [6.45, 7) is 8.29. The fourth-order valence-electron chi connectivity index (χ4n) is 2.04. The highest BCUT2D eigenvalue weighted by Gasteiger charge is 2.16. The highest BCUT2D eigenvalue weighted by molar-refractivity contribution is 5.91. The van der Waals surface area contributed by atoms with Crippen molar-refractivity contribution in [3.63, 3.8) is 0 Å².